The van der Waals surface area contributed by atoms with Crippen LogP contribution in [0.3, 0.4) is 0 Å². The average Bonchev–Trinajstić information content (AvgIpc) is 3.07. The fourth-order valence-corrected chi connectivity index (χ4v) is 2.90. The fourth-order valence-electron chi connectivity index (χ4n) is 2.90. The maximum Gasteiger partial charge on any atom is 0.255 e. The van der Waals surface area contributed by atoms with Crippen molar-refractivity contribution in [3.63, 3.8) is 0 Å². The van der Waals surface area contributed by atoms with Crippen LogP contribution in [0, 0.1) is 13.8 Å². The van der Waals surface area contributed by atoms with Gasteiger partial charge in [0.25, 0.3) is 5.91 Å². The third-order valence-electron chi connectivity index (χ3n) is 4.45. The van der Waals surface area contributed by atoms with E-state index in [1.165, 1.54) is 5.56 Å². The van der Waals surface area contributed by atoms with Crippen molar-refractivity contribution in [3.8, 4) is 11.3 Å². The van der Waals surface area contributed by atoms with E-state index in [1.54, 1.807) is 6.07 Å². The highest BCUT2D eigenvalue weighted by molar-refractivity contribution is 6.07. The highest BCUT2D eigenvalue weighted by Crippen LogP contribution is 2.29. The topological polar surface area (TPSA) is 55.1 Å². The molecule has 0 saturated carbocycles. The van der Waals surface area contributed by atoms with Gasteiger partial charge >= 0.3 is 0 Å². The molecule has 0 aliphatic heterocycles. The number of para-hydroxylation sites is 1. The number of carbonyl (C=O) groups is 1. The van der Waals surface area contributed by atoms with Gasteiger partial charge in [-0.15, -0.1) is 0 Å². The molecule has 1 N–H and O–H groups in total. The number of nitrogens with zero attached hydrogens (tertiary/aromatic N) is 1. The number of aryl methyl sites for hydroxylation is 2. The second kappa shape index (κ2) is 6.48. The van der Waals surface area contributed by atoms with Gasteiger partial charge < -0.3 is 9.84 Å². The quantitative estimate of drug-likeness (QED) is 0.545. The Morgan fingerprint density at radius 1 is 0.962 bits per heavy atom. The first-order chi connectivity index (χ1) is 12.6. The zero-order valence-corrected chi connectivity index (χ0v) is 14.6. The van der Waals surface area contributed by atoms with Crippen LogP contribution < -0.4 is 5.32 Å². The minimum atomic E-state index is -0.155. The Hall–Kier alpha value is -3.40. The van der Waals surface area contributed by atoms with Crippen LogP contribution in [0.2, 0.25) is 0 Å². The predicted octanol–water partition coefficient (Wildman–Crippen LogP) is 5.36. The number of rotatable bonds is 3. The average molecular weight is 342 g/mol. The molecule has 128 valence electrons. The van der Waals surface area contributed by atoms with Gasteiger partial charge in [-0.3, -0.25) is 4.79 Å². The molecule has 1 amide bonds. The van der Waals surface area contributed by atoms with E-state index >= 15 is 0 Å². The molecule has 4 nitrogen and oxygen atoms in total. The van der Waals surface area contributed by atoms with E-state index < -0.39 is 0 Å². The Bertz CT molecular complexity index is 1090. The summed E-state index contributed by atoms with van der Waals surface area (Å²) in [6.07, 6.45) is 0. The number of hydrogen-bond donors (Lipinski definition) is 1. The molecule has 3 aromatic carbocycles. The molecular formula is C22H18N2O2. The Balaban J connectivity index is 1.71. The van der Waals surface area contributed by atoms with Crippen LogP contribution in [-0.4, -0.2) is 11.1 Å². The molecule has 4 heteroatoms. The number of aromatic nitrogens is 1. The van der Waals surface area contributed by atoms with E-state index in [9.17, 15) is 4.79 Å². The summed E-state index contributed by atoms with van der Waals surface area (Å²) < 4.78 is 5.53. The van der Waals surface area contributed by atoms with Gasteiger partial charge in [0.05, 0.1) is 5.39 Å². The highest BCUT2D eigenvalue weighted by Gasteiger charge is 2.14. The van der Waals surface area contributed by atoms with E-state index in [4.69, 9.17) is 4.52 Å². The molecule has 0 spiro atoms. The van der Waals surface area contributed by atoms with Crippen molar-refractivity contribution in [1.29, 1.82) is 0 Å². The number of hydrogen-bond acceptors (Lipinski definition) is 3. The third kappa shape index (κ3) is 2.97. The molecule has 26 heavy (non-hydrogen) atoms. The molecule has 1 aromatic heterocycles. The monoisotopic (exact) mass is 342 g/mol. The Labute approximate surface area is 151 Å². The van der Waals surface area contributed by atoms with Crippen LogP contribution in [0.1, 0.15) is 21.5 Å². The Morgan fingerprint density at radius 3 is 2.50 bits per heavy atom. The predicted molar refractivity (Wildman–Crippen MR) is 103 cm³/mol. The second-order valence-electron chi connectivity index (χ2n) is 6.38. The third-order valence-corrected chi connectivity index (χ3v) is 4.45. The lowest BCUT2D eigenvalue weighted by Crippen LogP contribution is -2.12. The van der Waals surface area contributed by atoms with Crippen molar-refractivity contribution in [1.82, 2.24) is 5.16 Å². The Kier molecular flexibility index (Phi) is 4.01. The number of amides is 1. The SMILES string of the molecule is Cc1ccc(-c2onc3ccc(C(=O)Nc4ccccc4C)cc23)cc1. The first-order valence-electron chi connectivity index (χ1n) is 8.45. The molecule has 0 unspecified atom stereocenters. The molecule has 0 aliphatic rings. The van der Waals surface area contributed by atoms with E-state index in [1.807, 2.05) is 74.5 Å². The molecular weight excluding hydrogens is 324 g/mol. The molecule has 0 radical (unpaired) electrons. The van der Waals surface area contributed by atoms with Crippen LogP contribution in [0.5, 0.6) is 0 Å². The van der Waals surface area contributed by atoms with Crippen LogP contribution in [0.4, 0.5) is 5.69 Å². The van der Waals surface area contributed by atoms with E-state index in [-0.39, 0.29) is 5.91 Å². The molecule has 0 atom stereocenters. The van der Waals surface area contributed by atoms with Crippen molar-refractivity contribution in [2.24, 2.45) is 0 Å². The zero-order chi connectivity index (χ0) is 18.1. The Morgan fingerprint density at radius 2 is 1.73 bits per heavy atom. The second-order valence-corrected chi connectivity index (χ2v) is 6.38. The van der Waals surface area contributed by atoms with Crippen molar-refractivity contribution >= 4 is 22.5 Å². The van der Waals surface area contributed by atoms with Crippen molar-refractivity contribution in [2.75, 3.05) is 5.32 Å². The van der Waals surface area contributed by atoms with Crippen LogP contribution in [0.15, 0.2) is 71.3 Å². The summed E-state index contributed by atoms with van der Waals surface area (Å²) in [6.45, 7) is 4.00. The summed E-state index contributed by atoms with van der Waals surface area (Å²) in [4.78, 5) is 12.7. The molecule has 0 fully saturated rings. The van der Waals surface area contributed by atoms with Gasteiger partial charge in [0.15, 0.2) is 5.76 Å². The minimum absolute atomic E-state index is 0.155. The summed E-state index contributed by atoms with van der Waals surface area (Å²) in [5.41, 5.74) is 5.24. The summed E-state index contributed by atoms with van der Waals surface area (Å²) in [7, 11) is 0. The molecule has 4 aromatic rings. The largest absolute Gasteiger partial charge is 0.355 e. The molecule has 0 saturated heterocycles. The summed E-state index contributed by atoms with van der Waals surface area (Å²) in [6, 6.07) is 21.2. The lowest BCUT2D eigenvalue weighted by atomic mass is 10.0. The normalized spacial score (nSPS) is 10.8. The number of anilines is 1. The summed E-state index contributed by atoms with van der Waals surface area (Å²) >= 11 is 0. The smallest absolute Gasteiger partial charge is 0.255 e. The van der Waals surface area contributed by atoms with Crippen molar-refractivity contribution < 1.29 is 9.32 Å². The van der Waals surface area contributed by atoms with Gasteiger partial charge in [-0.1, -0.05) is 53.2 Å². The molecule has 4 rings (SSSR count). The first-order valence-corrected chi connectivity index (χ1v) is 8.45. The number of carbonyl (C=O) groups excluding carboxylic acids is 1. The van der Waals surface area contributed by atoms with E-state index in [2.05, 4.69) is 10.5 Å². The zero-order valence-electron chi connectivity index (χ0n) is 14.6. The molecule has 0 bridgehead atoms. The maximum atomic E-state index is 12.7. The van der Waals surface area contributed by atoms with Gasteiger partial charge in [-0.05, 0) is 43.7 Å². The van der Waals surface area contributed by atoms with E-state index in [0.717, 1.165) is 27.7 Å². The van der Waals surface area contributed by atoms with Gasteiger partial charge in [0.2, 0.25) is 0 Å². The fraction of sp³-hybridized carbons (Fsp3) is 0.0909. The highest BCUT2D eigenvalue weighted by atomic mass is 16.5. The van der Waals surface area contributed by atoms with Crippen LogP contribution >= 0.6 is 0 Å². The van der Waals surface area contributed by atoms with Gasteiger partial charge in [-0.2, -0.15) is 0 Å². The first kappa shape index (κ1) is 16.1. The summed E-state index contributed by atoms with van der Waals surface area (Å²) in [5.74, 6) is 0.516. The van der Waals surface area contributed by atoms with Gasteiger partial charge in [0.1, 0.15) is 5.52 Å². The molecule has 0 aliphatic carbocycles. The number of nitrogens with one attached hydrogen (secondary N) is 1. The maximum absolute atomic E-state index is 12.7. The van der Waals surface area contributed by atoms with Gasteiger partial charge in [-0.25, -0.2) is 0 Å². The van der Waals surface area contributed by atoms with Crippen molar-refractivity contribution in [2.45, 2.75) is 13.8 Å². The lowest BCUT2D eigenvalue weighted by Gasteiger charge is -2.08. The number of benzene rings is 3. The van der Waals surface area contributed by atoms with Crippen LogP contribution in [0.25, 0.3) is 22.2 Å². The van der Waals surface area contributed by atoms with Gasteiger partial charge in [0, 0.05) is 16.8 Å². The molecule has 1 heterocycles. The van der Waals surface area contributed by atoms with E-state index in [0.29, 0.717) is 11.3 Å². The summed E-state index contributed by atoms with van der Waals surface area (Å²) in [5, 5.41) is 7.89. The number of fused-ring (bicyclic) bond motifs is 1. The van der Waals surface area contributed by atoms with Crippen molar-refractivity contribution in [3.05, 3.63) is 83.4 Å². The minimum Gasteiger partial charge on any atom is -0.355 e. The lowest BCUT2D eigenvalue weighted by molar-refractivity contribution is 0.102. The van der Waals surface area contributed by atoms with Crippen LogP contribution in [-0.2, 0) is 0 Å². The standard InChI is InChI=1S/C22H18N2O2/c1-14-7-9-16(10-8-14)21-18-13-17(11-12-20(18)24-26-21)22(25)23-19-6-4-3-5-15(19)2/h3-13H,1-2H3,(H,23,25).